The predicted molar refractivity (Wildman–Crippen MR) is 106 cm³/mol. The summed E-state index contributed by atoms with van der Waals surface area (Å²) in [5, 5.41) is 18.7. The summed E-state index contributed by atoms with van der Waals surface area (Å²) in [5.74, 6) is 3.12. The lowest BCUT2D eigenvalue weighted by molar-refractivity contribution is -0.0232. The Balaban J connectivity index is 1.13. The number of likely N-dealkylation sites (tertiary alicyclic amines) is 1. The van der Waals surface area contributed by atoms with E-state index in [4.69, 9.17) is 18.8 Å². The maximum absolute atomic E-state index is 10.7. The predicted octanol–water partition coefficient (Wildman–Crippen LogP) is 2.60. The minimum absolute atomic E-state index is 0.213. The van der Waals surface area contributed by atoms with E-state index in [1.165, 1.54) is 0 Å². The molecule has 3 aromatic rings. The van der Waals surface area contributed by atoms with Gasteiger partial charge < -0.3 is 19.3 Å². The summed E-state index contributed by atoms with van der Waals surface area (Å²) < 4.78 is 21.8. The first-order valence-corrected chi connectivity index (χ1v) is 10.4. The maximum atomic E-state index is 10.7. The van der Waals surface area contributed by atoms with Gasteiger partial charge in [0.25, 0.3) is 0 Å². The molecule has 1 aliphatic carbocycles. The van der Waals surface area contributed by atoms with Gasteiger partial charge in [0.15, 0.2) is 11.5 Å². The van der Waals surface area contributed by atoms with Crippen LogP contribution in [0.1, 0.15) is 18.4 Å². The molecule has 2 fully saturated rings. The minimum atomic E-state index is -0.472. The molecule has 4 atom stereocenters. The molecule has 0 bridgehead atoms. The van der Waals surface area contributed by atoms with Gasteiger partial charge >= 0.3 is 0 Å². The van der Waals surface area contributed by atoms with Gasteiger partial charge in [0.05, 0.1) is 6.10 Å². The van der Waals surface area contributed by atoms with E-state index in [0.29, 0.717) is 23.3 Å². The number of aliphatic hydroxyl groups excluding tert-OH is 1. The Hall–Kier alpha value is -2.84. The first-order valence-electron chi connectivity index (χ1n) is 10.4. The first kappa shape index (κ1) is 18.0. The highest BCUT2D eigenvalue weighted by Gasteiger charge is 2.42. The molecule has 0 radical (unpaired) electrons. The molecule has 6 rings (SSSR count). The van der Waals surface area contributed by atoms with E-state index < -0.39 is 6.10 Å². The van der Waals surface area contributed by atoms with E-state index in [1.807, 2.05) is 30.3 Å². The van der Waals surface area contributed by atoms with Crippen molar-refractivity contribution in [3.05, 3.63) is 42.0 Å². The third-order valence-electron chi connectivity index (χ3n) is 6.56. The van der Waals surface area contributed by atoms with Gasteiger partial charge in [-0.3, -0.25) is 4.90 Å². The molecular formula is C22H23N3O5. The summed E-state index contributed by atoms with van der Waals surface area (Å²) in [6.07, 6.45) is 0.910. The lowest BCUT2D eigenvalue weighted by Crippen LogP contribution is -2.42. The Labute approximate surface area is 173 Å². The molecular weight excluding hydrogens is 386 g/mol. The van der Waals surface area contributed by atoms with Crippen molar-refractivity contribution in [2.24, 2.45) is 11.8 Å². The van der Waals surface area contributed by atoms with Crippen molar-refractivity contribution in [2.45, 2.75) is 31.6 Å². The highest BCUT2D eigenvalue weighted by atomic mass is 16.7. The molecule has 3 heterocycles. The summed E-state index contributed by atoms with van der Waals surface area (Å²) in [6.45, 7) is 3.01. The Kier molecular flexibility index (Phi) is 4.28. The van der Waals surface area contributed by atoms with Crippen LogP contribution in [-0.4, -0.2) is 52.4 Å². The number of fused-ring (bicyclic) bond motifs is 3. The zero-order valence-electron chi connectivity index (χ0n) is 16.4. The summed E-state index contributed by atoms with van der Waals surface area (Å²) in [5.41, 5.74) is 2.74. The van der Waals surface area contributed by atoms with Crippen molar-refractivity contribution >= 4 is 11.0 Å². The van der Waals surface area contributed by atoms with Crippen LogP contribution in [-0.2, 0) is 6.54 Å². The number of rotatable bonds is 4. The van der Waals surface area contributed by atoms with Crippen LogP contribution < -0.4 is 14.2 Å². The second-order valence-electron chi connectivity index (χ2n) is 8.47. The molecule has 1 N–H and O–H groups in total. The number of aliphatic hydroxyl groups is 1. The molecule has 1 aromatic heterocycles. The Morgan fingerprint density at radius 3 is 2.83 bits per heavy atom. The largest absolute Gasteiger partial charge is 0.488 e. The van der Waals surface area contributed by atoms with Gasteiger partial charge in [-0.05, 0) is 58.8 Å². The van der Waals surface area contributed by atoms with Crippen LogP contribution in [0, 0.1) is 11.8 Å². The van der Waals surface area contributed by atoms with Gasteiger partial charge in [-0.15, -0.1) is 0 Å². The molecule has 0 unspecified atom stereocenters. The van der Waals surface area contributed by atoms with Gasteiger partial charge in [0, 0.05) is 25.7 Å². The standard InChI is InChI=1S/C22H23N3O5/c26-18-6-14-10-25(9-13-2-1-3-17-22(13)24-30-23-17)11-15(14)7-20(18)29-16-4-5-19-21(8-16)28-12-27-19/h1-5,8,14-15,18,20,26H,6-7,9-12H2/t14-,15+,18+,20+/m0/s1. The van der Waals surface area contributed by atoms with Gasteiger partial charge in [-0.25, -0.2) is 4.63 Å². The molecule has 8 nitrogen and oxygen atoms in total. The average molecular weight is 409 g/mol. The molecule has 2 aromatic carbocycles. The Morgan fingerprint density at radius 2 is 1.90 bits per heavy atom. The fourth-order valence-corrected chi connectivity index (χ4v) is 5.10. The molecule has 2 aliphatic heterocycles. The first-order chi connectivity index (χ1) is 14.7. The van der Waals surface area contributed by atoms with Crippen LogP contribution in [0.15, 0.2) is 41.0 Å². The van der Waals surface area contributed by atoms with Crippen molar-refractivity contribution in [3.8, 4) is 17.2 Å². The van der Waals surface area contributed by atoms with E-state index in [0.717, 1.165) is 54.8 Å². The summed E-state index contributed by atoms with van der Waals surface area (Å²) in [4.78, 5) is 2.44. The van der Waals surface area contributed by atoms with Crippen molar-refractivity contribution < 1.29 is 23.9 Å². The quantitative estimate of drug-likeness (QED) is 0.703. The summed E-state index contributed by atoms with van der Waals surface area (Å²) in [7, 11) is 0. The van der Waals surface area contributed by atoms with Gasteiger partial charge in [-0.1, -0.05) is 12.1 Å². The van der Waals surface area contributed by atoms with E-state index in [-0.39, 0.29) is 12.9 Å². The number of benzene rings is 2. The van der Waals surface area contributed by atoms with Crippen molar-refractivity contribution in [3.63, 3.8) is 0 Å². The normalized spacial score (nSPS) is 28.0. The van der Waals surface area contributed by atoms with Crippen LogP contribution in [0.25, 0.3) is 11.0 Å². The van der Waals surface area contributed by atoms with E-state index in [9.17, 15) is 5.11 Å². The molecule has 0 spiro atoms. The van der Waals surface area contributed by atoms with E-state index in [2.05, 4.69) is 21.3 Å². The SMILES string of the molecule is O[C@@H]1C[C@H]2CN(Cc3cccc4nonc34)C[C@H]2C[C@H]1Oc1ccc2c(c1)OCO2. The lowest BCUT2D eigenvalue weighted by Gasteiger charge is -2.35. The van der Waals surface area contributed by atoms with Gasteiger partial charge in [0.1, 0.15) is 22.9 Å². The van der Waals surface area contributed by atoms with Crippen LogP contribution in [0.4, 0.5) is 0 Å². The number of aromatic nitrogens is 2. The molecule has 156 valence electrons. The Bertz CT molecular complexity index is 1070. The third-order valence-corrected chi connectivity index (χ3v) is 6.56. The monoisotopic (exact) mass is 409 g/mol. The fraction of sp³-hybridized carbons (Fsp3) is 0.455. The third kappa shape index (κ3) is 3.16. The van der Waals surface area contributed by atoms with Gasteiger partial charge in [-0.2, -0.15) is 0 Å². The number of hydrogen-bond donors (Lipinski definition) is 1. The van der Waals surface area contributed by atoms with Gasteiger partial charge in [0.2, 0.25) is 6.79 Å². The smallest absolute Gasteiger partial charge is 0.231 e. The van der Waals surface area contributed by atoms with Crippen molar-refractivity contribution in [1.82, 2.24) is 15.2 Å². The number of ether oxygens (including phenoxy) is 3. The maximum Gasteiger partial charge on any atom is 0.231 e. The van der Waals surface area contributed by atoms with Crippen molar-refractivity contribution in [1.29, 1.82) is 0 Å². The number of nitrogens with zero attached hydrogens (tertiary/aromatic N) is 3. The van der Waals surface area contributed by atoms with Crippen LogP contribution in [0.2, 0.25) is 0 Å². The van der Waals surface area contributed by atoms with Crippen LogP contribution in [0.5, 0.6) is 17.2 Å². The molecule has 30 heavy (non-hydrogen) atoms. The minimum Gasteiger partial charge on any atom is -0.488 e. The second kappa shape index (κ2) is 7.14. The summed E-state index contributed by atoms with van der Waals surface area (Å²) in [6, 6.07) is 11.5. The zero-order chi connectivity index (χ0) is 20.1. The molecule has 3 aliphatic rings. The topological polar surface area (TPSA) is 90.1 Å². The van der Waals surface area contributed by atoms with E-state index in [1.54, 1.807) is 0 Å². The molecule has 1 saturated carbocycles. The van der Waals surface area contributed by atoms with Crippen LogP contribution in [0.3, 0.4) is 0 Å². The lowest BCUT2D eigenvalue weighted by atomic mass is 9.78. The number of hydrogen-bond acceptors (Lipinski definition) is 8. The average Bonchev–Trinajstić information content (AvgIpc) is 3.47. The molecule has 0 amide bonds. The second-order valence-corrected chi connectivity index (χ2v) is 8.47. The van der Waals surface area contributed by atoms with Crippen molar-refractivity contribution in [2.75, 3.05) is 19.9 Å². The highest BCUT2D eigenvalue weighted by molar-refractivity contribution is 5.76. The summed E-state index contributed by atoms with van der Waals surface area (Å²) >= 11 is 0. The molecule has 1 saturated heterocycles. The highest BCUT2D eigenvalue weighted by Crippen LogP contribution is 2.40. The van der Waals surface area contributed by atoms with E-state index >= 15 is 0 Å². The van der Waals surface area contributed by atoms with Crippen LogP contribution >= 0.6 is 0 Å². The zero-order valence-corrected chi connectivity index (χ0v) is 16.4. The Morgan fingerprint density at radius 1 is 1.03 bits per heavy atom. The fourth-order valence-electron chi connectivity index (χ4n) is 5.10. The molecule has 8 heteroatoms.